The Balaban J connectivity index is 1.50. The maximum Gasteiger partial charge on any atom is 0.226 e. The number of nitrogens with one attached hydrogen (secondary N) is 1. The standard InChI is InChI=1S/C23H20N4O/c28-20-14-17(12-11-16-7-3-1-4-8-16)13-19-21(20)22(18-9-5-2-6-10-18)27-23(26-19)24-15-25-27/h1-12,15,17,22H,13-14H2,(H,24,25,26)/b12-11+/t17-,22-/m0/s1. The van der Waals surface area contributed by atoms with Gasteiger partial charge < -0.3 is 5.32 Å². The van der Waals surface area contributed by atoms with Gasteiger partial charge in [-0.25, -0.2) is 4.68 Å². The third-order valence-electron chi connectivity index (χ3n) is 5.37. The van der Waals surface area contributed by atoms with E-state index in [4.69, 9.17) is 0 Å². The lowest BCUT2D eigenvalue weighted by molar-refractivity contribution is -0.117. The monoisotopic (exact) mass is 368 g/mol. The summed E-state index contributed by atoms with van der Waals surface area (Å²) in [5, 5.41) is 7.73. The Labute approximate surface area is 163 Å². The highest BCUT2D eigenvalue weighted by Gasteiger charge is 2.38. The molecule has 138 valence electrons. The number of hydrogen-bond acceptors (Lipinski definition) is 4. The summed E-state index contributed by atoms with van der Waals surface area (Å²) < 4.78 is 1.81. The van der Waals surface area contributed by atoms with E-state index in [1.807, 2.05) is 53.2 Å². The van der Waals surface area contributed by atoms with Gasteiger partial charge in [0, 0.05) is 17.7 Å². The van der Waals surface area contributed by atoms with Crippen LogP contribution in [0.4, 0.5) is 5.95 Å². The smallest absolute Gasteiger partial charge is 0.226 e. The van der Waals surface area contributed by atoms with Crippen molar-refractivity contribution in [1.29, 1.82) is 0 Å². The van der Waals surface area contributed by atoms with Crippen LogP contribution in [0.3, 0.4) is 0 Å². The lowest BCUT2D eigenvalue weighted by Crippen LogP contribution is -2.33. The zero-order valence-electron chi connectivity index (χ0n) is 15.3. The zero-order valence-corrected chi connectivity index (χ0v) is 15.3. The van der Waals surface area contributed by atoms with Gasteiger partial charge in [-0.3, -0.25) is 4.79 Å². The van der Waals surface area contributed by atoms with Crippen LogP contribution in [0, 0.1) is 5.92 Å². The molecule has 2 atom stereocenters. The molecule has 0 fully saturated rings. The van der Waals surface area contributed by atoms with Gasteiger partial charge in [-0.15, -0.1) is 0 Å². The van der Waals surface area contributed by atoms with E-state index in [-0.39, 0.29) is 17.7 Å². The van der Waals surface area contributed by atoms with Crippen LogP contribution in [0.1, 0.15) is 30.0 Å². The van der Waals surface area contributed by atoms with E-state index >= 15 is 0 Å². The molecule has 0 saturated carbocycles. The second kappa shape index (κ2) is 6.93. The maximum absolute atomic E-state index is 13.2. The van der Waals surface area contributed by atoms with Crippen LogP contribution in [0.15, 0.2) is 84.3 Å². The fourth-order valence-corrected chi connectivity index (χ4v) is 4.07. The van der Waals surface area contributed by atoms with Crippen LogP contribution in [-0.2, 0) is 4.79 Å². The molecule has 2 aromatic carbocycles. The van der Waals surface area contributed by atoms with E-state index in [9.17, 15) is 4.79 Å². The number of carbonyl (C=O) groups is 1. The summed E-state index contributed by atoms with van der Waals surface area (Å²) in [7, 11) is 0. The molecular weight excluding hydrogens is 348 g/mol. The molecule has 2 heterocycles. The summed E-state index contributed by atoms with van der Waals surface area (Å²) in [5.74, 6) is 1.03. The first-order valence-electron chi connectivity index (χ1n) is 9.50. The van der Waals surface area contributed by atoms with Gasteiger partial charge in [-0.1, -0.05) is 72.8 Å². The Kier molecular flexibility index (Phi) is 4.13. The highest BCUT2D eigenvalue weighted by atomic mass is 16.1. The number of ketones is 1. The number of allylic oxidation sites excluding steroid dienone is 3. The minimum Gasteiger partial charge on any atom is -0.328 e. The number of carbonyl (C=O) groups excluding carboxylic acids is 1. The molecular formula is C23H20N4O. The second-order valence-electron chi connectivity index (χ2n) is 7.22. The molecule has 1 N–H and O–H groups in total. The summed E-state index contributed by atoms with van der Waals surface area (Å²) in [6, 6.07) is 20.0. The molecule has 5 rings (SSSR count). The third kappa shape index (κ3) is 2.95. The number of anilines is 1. The van der Waals surface area contributed by atoms with Crippen molar-refractivity contribution in [2.75, 3.05) is 5.32 Å². The van der Waals surface area contributed by atoms with Gasteiger partial charge in [-0.05, 0) is 23.5 Å². The van der Waals surface area contributed by atoms with Gasteiger partial charge in [0.2, 0.25) is 5.95 Å². The molecule has 28 heavy (non-hydrogen) atoms. The van der Waals surface area contributed by atoms with Crippen LogP contribution in [0.25, 0.3) is 6.08 Å². The van der Waals surface area contributed by atoms with E-state index in [2.05, 4.69) is 39.7 Å². The number of benzene rings is 2. The van der Waals surface area contributed by atoms with Crippen LogP contribution in [0.5, 0.6) is 0 Å². The average Bonchev–Trinajstić information content (AvgIpc) is 3.20. The Morgan fingerprint density at radius 3 is 2.54 bits per heavy atom. The van der Waals surface area contributed by atoms with Crippen molar-refractivity contribution in [3.8, 4) is 0 Å². The summed E-state index contributed by atoms with van der Waals surface area (Å²) in [6.45, 7) is 0. The van der Waals surface area contributed by atoms with Gasteiger partial charge in [0.25, 0.3) is 0 Å². The predicted molar refractivity (Wildman–Crippen MR) is 108 cm³/mol. The Morgan fingerprint density at radius 2 is 1.75 bits per heavy atom. The van der Waals surface area contributed by atoms with Crippen molar-refractivity contribution in [3.63, 3.8) is 0 Å². The summed E-state index contributed by atoms with van der Waals surface area (Å²) in [4.78, 5) is 17.5. The first kappa shape index (κ1) is 16.7. The van der Waals surface area contributed by atoms with Gasteiger partial charge in [0.1, 0.15) is 12.4 Å². The van der Waals surface area contributed by atoms with E-state index in [1.54, 1.807) is 0 Å². The van der Waals surface area contributed by atoms with Gasteiger partial charge >= 0.3 is 0 Å². The van der Waals surface area contributed by atoms with Crippen molar-refractivity contribution < 1.29 is 4.79 Å². The van der Waals surface area contributed by atoms with Crippen molar-refractivity contribution in [1.82, 2.24) is 14.8 Å². The third-order valence-corrected chi connectivity index (χ3v) is 5.37. The molecule has 5 nitrogen and oxygen atoms in total. The van der Waals surface area contributed by atoms with Crippen molar-refractivity contribution in [2.24, 2.45) is 5.92 Å². The molecule has 2 aliphatic rings. The predicted octanol–water partition coefficient (Wildman–Crippen LogP) is 4.24. The van der Waals surface area contributed by atoms with Gasteiger partial charge in [0.15, 0.2) is 5.78 Å². The van der Waals surface area contributed by atoms with Crippen LogP contribution in [0.2, 0.25) is 0 Å². The normalized spacial score (nSPS) is 21.4. The zero-order chi connectivity index (χ0) is 18.9. The second-order valence-corrected chi connectivity index (χ2v) is 7.22. The van der Waals surface area contributed by atoms with Crippen molar-refractivity contribution in [2.45, 2.75) is 18.9 Å². The fourth-order valence-electron chi connectivity index (χ4n) is 4.07. The molecule has 0 radical (unpaired) electrons. The number of aromatic nitrogens is 3. The van der Waals surface area contributed by atoms with Gasteiger partial charge in [0.05, 0.1) is 0 Å². The Hall–Kier alpha value is -3.47. The lowest BCUT2D eigenvalue weighted by atomic mass is 9.80. The first-order valence-corrected chi connectivity index (χ1v) is 9.50. The van der Waals surface area contributed by atoms with Crippen LogP contribution >= 0.6 is 0 Å². The van der Waals surface area contributed by atoms with Gasteiger partial charge in [-0.2, -0.15) is 10.1 Å². The molecule has 1 aliphatic carbocycles. The molecule has 5 heteroatoms. The average molecular weight is 368 g/mol. The molecule has 3 aromatic rings. The topological polar surface area (TPSA) is 59.8 Å². The molecule has 0 bridgehead atoms. The first-order chi connectivity index (χ1) is 13.8. The quantitative estimate of drug-likeness (QED) is 0.751. The Morgan fingerprint density at radius 1 is 1.00 bits per heavy atom. The van der Waals surface area contributed by atoms with E-state index in [1.165, 1.54) is 6.33 Å². The number of fused-ring (bicyclic) bond motifs is 1. The molecule has 0 spiro atoms. The number of hydrogen-bond donors (Lipinski definition) is 1. The van der Waals surface area contributed by atoms with Crippen molar-refractivity contribution >= 4 is 17.8 Å². The molecule has 0 unspecified atom stereocenters. The minimum atomic E-state index is -0.221. The lowest BCUT2D eigenvalue weighted by Gasteiger charge is -2.34. The number of rotatable bonds is 3. The molecule has 0 saturated heterocycles. The highest BCUT2D eigenvalue weighted by molar-refractivity contribution is 5.99. The molecule has 1 aromatic heterocycles. The largest absolute Gasteiger partial charge is 0.328 e. The van der Waals surface area contributed by atoms with E-state index < -0.39 is 0 Å². The van der Waals surface area contributed by atoms with E-state index in [0.29, 0.717) is 12.4 Å². The number of Topliss-reactive ketones (excluding diaryl/α,β-unsaturated/α-hetero) is 1. The molecule has 1 aliphatic heterocycles. The SMILES string of the molecule is O=C1C[C@@H](/C=C/c2ccccc2)CC2=C1[C@H](c1ccccc1)n1ncnc1N2. The van der Waals surface area contributed by atoms with Crippen LogP contribution < -0.4 is 5.32 Å². The minimum absolute atomic E-state index is 0.171. The highest BCUT2D eigenvalue weighted by Crippen LogP contribution is 2.41. The summed E-state index contributed by atoms with van der Waals surface area (Å²) in [6.07, 6.45) is 7.09. The van der Waals surface area contributed by atoms with Crippen LogP contribution in [-0.4, -0.2) is 20.5 Å². The van der Waals surface area contributed by atoms with E-state index in [0.717, 1.165) is 28.8 Å². The molecule has 0 amide bonds. The van der Waals surface area contributed by atoms with Crippen molar-refractivity contribution in [3.05, 3.63) is 95.5 Å². The Bertz CT molecular complexity index is 1070. The maximum atomic E-state index is 13.2. The number of nitrogens with zero attached hydrogens (tertiary/aromatic N) is 3. The summed E-state index contributed by atoms with van der Waals surface area (Å²) in [5.41, 5.74) is 3.98. The summed E-state index contributed by atoms with van der Waals surface area (Å²) >= 11 is 0. The fraction of sp³-hybridized carbons (Fsp3) is 0.174.